The van der Waals surface area contributed by atoms with Crippen LogP contribution in [0.4, 0.5) is 0 Å². The standard InChI is InChI=1S/C26H32BrN3O4/c1-17(2)16-28-25(32)23(29-24(31)19-7-9-22(34-3)10-8-19)18-11-13-30(14-12-18)26(33)20-5-4-6-21(27)15-20/h4-10,15,17-18,23H,11-14,16H2,1-3H3,(H,28,32)(H,29,31)/t23-/m1/s1. The number of rotatable bonds is 8. The minimum absolute atomic E-state index is 0.0252. The van der Waals surface area contributed by atoms with E-state index in [2.05, 4.69) is 26.6 Å². The van der Waals surface area contributed by atoms with Gasteiger partial charge >= 0.3 is 0 Å². The molecule has 7 nitrogen and oxygen atoms in total. The number of carbonyl (C=O) groups is 3. The van der Waals surface area contributed by atoms with Crippen molar-refractivity contribution in [2.45, 2.75) is 32.7 Å². The van der Waals surface area contributed by atoms with Crippen LogP contribution in [0.2, 0.25) is 0 Å². The second-order valence-electron chi connectivity index (χ2n) is 8.96. The van der Waals surface area contributed by atoms with E-state index in [0.717, 1.165) is 4.47 Å². The van der Waals surface area contributed by atoms with Gasteiger partial charge in [-0.2, -0.15) is 0 Å². The maximum atomic E-state index is 13.1. The van der Waals surface area contributed by atoms with Gasteiger partial charge in [-0.1, -0.05) is 35.8 Å². The van der Waals surface area contributed by atoms with Crippen LogP contribution in [0, 0.1) is 11.8 Å². The summed E-state index contributed by atoms with van der Waals surface area (Å²) in [6, 6.07) is 13.5. The Hall–Kier alpha value is -2.87. The average molecular weight is 530 g/mol. The van der Waals surface area contributed by atoms with Crippen LogP contribution in [-0.4, -0.2) is 55.4 Å². The normalized spacial score (nSPS) is 15.0. The van der Waals surface area contributed by atoms with Crippen molar-refractivity contribution >= 4 is 33.7 Å². The van der Waals surface area contributed by atoms with Crippen LogP contribution >= 0.6 is 15.9 Å². The first-order valence-corrected chi connectivity index (χ1v) is 12.3. The predicted octanol–water partition coefficient (Wildman–Crippen LogP) is 3.88. The molecule has 1 fully saturated rings. The van der Waals surface area contributed by atoms with Gasteiger partial charge in [0.05, 0.1) is 7.11 Å². The summed E-state index contributed by atoms with van der Waals surface area (Å²) in [4.78, 5) is 40.7. The van der Waals surface area contributed by atoms with Gasteiger partial charge in [0.1, 0.15) is 11.8 Å². The summed E-state index contributed by atoms with van der Waals surface area (Å²) in [7, 11) is 1.57. The van der Waals surface area contributed by atoms with Gasteiger partial charge in [0, 0.05) is 35.2 Å². The van der Waals surface area contributed by atoms with Crippen LogP contribution < -0.4 is 15.4 Å². The van der Waals surface area contributed by atoms with E-state index in [-0.39, 0.29) is 23.6 Å². The molecular formula is C26H32BrN3O4. The van der Waals surface area contributed by atoms with Gasteiger partial charge in [0.2, 0.25) is 5.91 Å². The maximum Gasteiger partial charge on any atom is 0.253 e. The largest absolute Gasteiger partial charge is 0.497 e. The fraction of sp³-hybridized carbons (Fsp3) is 0.423. The molecule has 0 unspecified atom stereocenters. The van der Waals surface area contributed by atoms with Crippen LogP contribution in [0.5, 0.6) is 5.75 Å². The molecule has 2 aromatic carbocycles. The zero-order valence-electron chi connectivity index (χ0n) is 19.8. The van der Waals surface area contributed by atoms with Gasteiger partial charge in [0.25, 0.3) is 11.8 Å². The molecule has 1 aliphatic heterocycles. The smallest absolute Gasteiger partial charge is 0.253 e. The molecule has 0 radical (unpaired) electrons. The van der Waals surface area contributed by atoms with Crippen molar-refractivity contribution in [1.29, 1.82) is 0 Å². The molecule has 1 heterocycles. The second-order valence-corrected chi connectivity index (χ2v) is 9.87. The number of nitrogens with one attached hydrogen (secondary N) is 2. The predicted molar refractivity (Wildman–Crippen MR) is 135 cm³/mol. The highest BCUT2D eigenvalue weighted by molar-refractivity contribution is 9.10. The van der Waals surface area contributed by atoms with Crippen molar-refractivity contribution in [3.63, 3.8) is 0 Å². The molecule has 182 valence electrons. The third-order valence-electron chi connectivity index (χ3n) is 5.98. The SMILES string of the molecule is COc1ccc(C(=O)N[C@@H](C(=O)NCC(C)C)C2CCN(C(=O)c3cccc(Br)c3)CC2)cc1. The van der Waals surface area contributed by atoms with Gasteiger partial charge in [-0.05, 0) is 67.1 Å². The monoisotopic (exact) mass is 529 g/mol. The number of amides is 3. The summed E-state index contributed by atoms with van der Waals surface area (Å²) in [5.74, 6) is 0.368. The Kier molecular flexibility index (Phi) is 9.10. The molecule has 0 saturated carbocycles. The molecule has 3 rings (SSSR count). The fourth-order valence-electron chi connectivity index (χ4n) is 4.02. The zero-order valence-corrected chi connectivity index (χ0v) is 21.4. The highest BCUT2D eigenvalue weighted by atomic mass is 79.9. The highest BCUT2D eigenvalue weighted by Crippen LogP contribution is 2.24. The van der Waals surface area contributed by atoms with Gasteiger partial charge < -0.3 is 20.3 Å². The Morgan fingerprint density at radius 2 is 1.74 bits per heavy atom. The van der Waals surface area contributed by atoms with Crippen molar-refractivity contribution in [2.75, 3.05) is 26.7 Å². The lowest BCUT2D eigenvalue weighted by Gasteiger charge is -2.36. The van der Waals surface area contributed by atoms with E-state index in [9.17, 15) is 14.4 Å². The molecule has 0 aromatic heterocycles. The summed E-state index contributed by atoms with van der Waals surface area (Å²) in [6.07, 6.45) is 1.25. The molecule has 0 bridgehead atoms. The van der Waals surface area contributed by atoms with Crippen LogP contribution in [0.3, 0.4) is 0 Å². The molecule has 1 atom stereocenters. The summed E-state index contributed by atoms with van der Waals surface area (Å²) < 4.78 is 6.01. The molecule has 3 amide bonds. The number of piperidine rings is 1. The Morgan fingerprint density at radius 1 is 1.06 bits per heavy atom. The van der Waals surface area contributed by atoms with Crippen LogP contribution in [0.1, 0.15) is 47.4 Å². The number of hydrogen-bond donors (Lipinski definition) is 2. The zero-order chi connectivity index (χ0) is 24.7. The first kappa shape index (κ1) is 25.7. The molecule has 34 heavy (non-hydrogen) atoms. The van der Waals surface area contributed by atoms with Crippen LogP contribution in [0.15, 0.2) is 53.0 Å². The first-order valence-electron chi connectivity index (χ1n) is 11.6. The molecule has 8 heteroatoms. The molecule has 1 saturated heterocycles. The number of carbonyl (C=O) groups excluding carboxylic acids is 3. The van der Waals surface area contributed by atoms with Gasteiger partial charge in [-0.15, -0.1) is 0 Å². The fourth-order valence-corrected chi connectivity index (χ4v) is 4.42. The van der Waals surface area contributed by atoms with E-state index >= 15 is 0 Å². The van der Waals surface area contributed by atoms with Crippen molar-refractivity contribution in [2.24, 2.45) is 11.8 Å². The number of halogens is 1. The highest BCUT2D eigenvalue weighted by Gasteiger charge is 2.34. The Morgan fingerprint density at radius 3 is 2.32 bits per heavy atom. The van der Waals surface area contributed by atoms with Crippen molar-refractivity contribution < 1.29 is 19.1 Å². The minimum Gasteiger partial charge on any atom is -0.497 e. The lowest BCUT2D eigenvalue weighted by Crippen LogP contribution is -2.54. The van der Waals surface area contributed by atoms with Crippen molar-refractivity contribution in [1.82, 2.24) is 15.5 Å². The van der Waals surface area contributed by atoms with Gasteiger partial charge in [-0.3, -0.25) is 14.4 Å². The molecule has 2 aromatic rings. The minimum atomic E-state index is -0.670. The Balaban J connectivity index is 1.68. The average Bonchev–Trinajstić information content (AvgIpc) is 2.85. The number of methoxy groups -OCH3 is 1. The Bertz CT molecular complexity index is 1000. The van der Waals surface area contributed by atoms with Crippen molar-refractivity contribution in [3.05, 3.63) is 64.1 Å². The summed E-state index contributed by atoms with van der Waals surface area (Å²) in [5, 5.41) is 5.91. The number of ether oxygens (including phenoxy) is 1. The number of likely N-dealkylation sites (tertiary alicyclic amines) is 1. The first-order chi connectivity index (χ1) is 16.3. The lowest BCUT2D eigenvalue weighted by molar-refractivity contribution is -0.124. The third-order valence-corrected chi connectivity index (χ3v) is 6.47. The van der Waals surface area contributed by atoms with Crippen LogP contribution in [0.25, 0.3) is 0 Å². The van der Waals surface area contributed by atoms with E-state index in [1.54, 1.807) is 37.4 Å². The van der Waals surface area contributed by atoms with E-state index in [1.807, 2.05) is 36.9 Å². The van der Waals surface area contributed by atoms with E-state index < -0.39 is 6.04 Å². The second kappa shape index (κ2) is 12.0. The molecule has 0 spiro atoms. The topological polar surface area (TPSA) is 87.7 Å². The summed E-state index contributed by atoms with van der Waals surface area (Å²) in [6.45, 7) is 5.65. The van der Waals surface area contributed by atoms with Crippen LogP contribution in [-0.2, 0) is 4.79 Å². The lowest BCUT2D eigenvalue weighted by atomic mass is 9.88. The molecule has 1 aliphatic rings. The molecule has 0 aliphatic carbocycles. The number of hydrogen-bond acceptors (Lipinski definition) is 4. The van der Waals surface area contributed by atoms with Gasteiger partial charge in [0.15, 0.2) is 0 Å². The molecule has 2 N–H and O–H groups in total. The van der Waals surface area contributed by atoms with E-state index in [4.69, 9.17) is 4.74 Å². The van der Waals surface area contributed by atoms with Crippen molar-refractivity contribution in [3.8, 4) is 5.75 Å². The maximum absolute atomic E-state index is 13.1. The quantitative estimate of drug-likeness (QED) is 0.543. The van der Waals surface area contributed by atoms with E-state index in [1.165, 1.54) is 0 Å². The van der Waals surface area contributed by atoms with E-state index in [0.29, 0.717) is 55.3 Å². The van der Waals surface area contributed by atoms with Gasteiger partial charge in [-0.25, -0.2) is 0 Å². The third kappa shape index (κ3) is 6.82. The summed E-state index contributed by atoms with van der Waals surface area (Å²) >= 11 is 3.41. The number of nitrogens with zero attached hydrogens (tertiary/aromatic N) is 1. The summed E-state index contributed by atoms with van der Waals surface area (Å²) in [5.41, 5.74) is 1.09. The Labute approximate surface area is 209 Å². The molecular weight excluding hydrogens is 498 g/mol. The number of benzene rings is 2.